The maximum absolute atomic E-state index is 6.11. The summed E-state index contributed by atoms with van der Waals surface area (Å²) >= 11 is 20.8. The molecule has 0 bridgehead atoms. The Morgan fingerprint density at radius 1 is 1.19 bits per heavy atom. The predicted molar refractivity (Wildman–Crippen MR) is 79.3 cm³/mol. The van der Waals surface area contributed by atoms with E-state index in [1.165, 1.54) is 0 Å². The van der Waals surface area contributed by atoms with Gasteiger partial charge in [0.2, 0.25) is 0 Å². The summed E-state index contributed by atoms with van der Waals surface area (Å²) in [5, 5.41) is 3.48. The Labute approximate surface area is 125 Å². The zero-order chi connectivity index (χ0) is 11.7. The minimum atomic E-state index is 0.0895. The lowest BCUT2D eigenvalue weighted by Crippen LogP contribution is -1.91. The van der Waals surface area contributed by atoms with Crippen LogP contribution in [0.25, 0.3) is 0 Å². The van der Waals surface area contributed by atoms with Crippen molar-refractivity contribution in [3.8, 4) is 0 Å². The van der Waals surface area contributed by atoms with Gasteiger partial charge in [-0.15, -0.1) is 11.3 Å². The molecule has 0 fully saturated rings. The van der Waals surface area contributed by atoms with Gasteiger partial charge in [0.25, 0.3) is 0 Å². The predicted octanol–water partition coefficient (Wildman–Crippen LogP) is 6.30. The molecule has 2 rings (SSSR count). The van der Waals surface area contributed by atoms with Crippen LogP contribution in [0.5, 0.6) is 0 Å². The Kier molecular flexibility index (Phi) is 4.36. The van der Waals surface area contributed by atoms with E-state index in [0.29, 0.717) is 5.02 Å². The van der Waals surface area contributed by atoms with Crippen LogP contribution in [-0.4, -0.2) is 0 Å². The van der Waals surface area contributed by atoms with Gasteiger partial charge in [-0.3, -0.25) is 0 Å². The molecule has 0 spiro atoms. The number of thiophene rings is 1. The summed E-state index contributed by atoms with van der Waals surface area (Å²) in [6, 6.07) is 7.64. The molecule has 2 aromatic rings. The molecule has 1 atom stereocenters. The summed E-state index contributed by atoms with van der Waals surface area (Å²) in [4.78, 5) is 1.19. The van der Waals surface area contributed by atoms with Gasteiger partial charge in [0, 0.05) is 14.4 Å². The zero-order valence-electron chi connectivity index (χ0n) is 7.88. The first kappa shape index (κ1) is 12.9. The second-order valence-electron chi connectivity index (χ2n) is 3.16. The molecule has 0 amide bonds. The lowest BCUT2D eigenvalue weighted by molar-refractivity contribution is 1.21. The van der Waals surface area contributed by atoms with Gasteiger partial charge in [0.1, 0.15) is 0 Å². The summed E-state index contributed by atoms with van der Waals surface area (Å²) < 4.78 is 0.978. The van der Waals surface area contributed by atoms with Crippen molar-refractivity contribution in [2.45, 2.75) is 4.83 Å². The highest BCUT2D eigenvalue weighted by Gasteiger charge is 2.17. The molecule has 84 valence electrons. The van der Waals surface area contributed by atoms with E-state index in [1.54, 1.807) is 11.3 Å². The van der Waals surface area contributed by atoms with Crippen LogP contribution in [0.2, 0.25) is 10.0 Å². The second-order valence-corrected chi connectivity index (χ2v) is 6.72. The third-order valence-corrected chi connectivity index (χ3v) is 5.71. The van der Waals surface area contributed by atoms with E-state index < -0.39 is 0 Å². The van der Waals surface area contributed by atoms with Crippen LogP contribution in [0.15, 0.2) is 34.1 Å². The summed E-state index contributed by atoms with van der Waals surface area (Å²) in [6.07, 6.45) is 0. The first-order chi connectivity index (χ1) is 7.59. The summed E-state index contributed by atoms with van der Waals surface area (Å²) in [5.41, 5.74) is 1.12. The molecule has 1 aromatic heterocycles. The number of hydrogen-bond acceptors (Lipinski definition) is 1. The van der Waals surface area contributed by atoms with Gasteiger partial charge >= 0.3 is 0 Å². The Hall–Kier alpha value is 0.460. The van der Waals surface area contributed by atoms with Crippen molar-refractivity contribution < 1.29 is 0 Å². The lowest BCUT2D eigenvalue weighted by Gasteiger charge is -2.11. The molecule has 0 aliphatic carbocycles. The third-order valence-electron chi connectivity index (χ3n) is 2.11. The number of halogens is 4. The van der Waals surface area contributed by atoms with Crippen LogP contribution in [0, 0.1) is 0 Å². The molecule has 16 heavy (non-hydrogen) atoms. The van der Waals surface area contributed by atoms with Crippen molar-refractivity contribution in [3.63, 3.8) is 0 Å². The van der Waals surface area contributed by atoms with Crippen molar-refractivity contribution in [1.29, 1.82) is 0 Å². The minimum absolute atomic E-state index is 0.0895. The highest BCUT2D eigenvalue weighted by molar-refractivity contribution is 9.11. The van der Waals surface area contributed by atoms with Crippen LogP contribution >= 0.6 is 66.4 Å². The molecule has 0 N–H and O–H groups in total. The lowest BCUT2D eigenvalue weighted by atomic mass is 10.1. The highest BCUT2D eigenvalue weighted by atomic mass is 79.9. The summed E-state index contributed by atoms with van der Waals surface area (Å²) in [6.45, 7) is 0. The Balaban J connectivity index is 2.41. The summed E-state index contributed by atoms with van der Waals surface area (Å²) in [7, 11) is 0. The molecular formula is C11H6Br2Cl2S. The molecule has 0 aliphatic heterocycles. The highest BCUT2D eigenvalue weighted by Crippen LogP contribution is 2.41. The average molecular weight is 401 g/mol. The molecule has 0 saturated heterocycles. The number of benzene rings is 1. The molecule has 0 nitrogen and oxygen atoms in total. The van der Waals surface area contributed by atoms with E-state index in [9.17, 15) is 0 Å². The number of alkyl halides is 1. The van der Waals surface area contributed by atoms with Crippen molar-refractivity contribution in [2.75, 3.05) is 0 Å². The molecule has 0 radical (unpaired) electrons. The molecular weight excluding hydrogens is 395 g/mol. The zero-order valence-corrected chi connectivity index (χ0v) is 13.4. The molecule has 1 heterocycles. The van der Waals surface area contributed by atoms with E-state index in [0.717, 1.165) is 19.9 Å². The SMILES string of the molecule is Clc1ccc(C(Br)c2sccc2Cl)c(Br)c1. The molecule has 0 aliphatic rings. The van der Waals surface area contributed by atoms with E-state index >= 15 is 0 Å². The first-order valence-electron chi connectivity index (χ1n) is 4.41. The van der Waals surface area contributed by atoms with E-state index in [4.69, 9.17) is 23.2 Å². The smallest absolute Gasteiger partial charge is 0.0763 e. The van der Waals surface area contributed by atoms with Gasteiger partial charge in [-0.05, 0) is 29.1 Å². The molecule has 5 heteroatoms. The van der Waals surface area contributed by atoms with Crippen molar-refractivity contribution in [1.82, 2.24) is 0 Å². The maximum atomic E-state index is 6.11. The topological polar surface area (TPSA) is 0 Å². The Morgan fingerprint density at radius 2 is 1.94 bits per heavy atom. The van der Waals surface area contributed by atoms with Gasteiger partial charge in [0.15, 0.2) is 0 Å². The third kappa shape index (κ3) is 2.65. The van der Waals surface area contributed by atoms with E-state index in [2.05, 4.69) is 31.9 Å². The number of hydrogen-bond donors (Lipinski definition) is 0. The van der Waals surface area contributed by atoms with Crippen LogP contribution in [0.3, 0.4) is 0 Å². The Morgan fingerprint density at radius 3 is 2.50 bits per heavy atom. The van der Waals surface area contributed by atoms with Crippen molar-refractivity contribution >= 4 is 66.4 Å². The van der Waals surface area contributed by atoms with Gasteiger partial charge in [-0.2, -0.15) is 0 Å². The monoisotopic (exact) mass is 398 g/mol. The molecule has 1 aromatic carbocycles. The fourth-order valence-electron chi connectivity index (χ4n) is 1.33. The largest absolute Gasteiger partial charge is 0.146 e. The molecule has 0 saturated carbocycles. The van der Waals surface area contributed by atoms with Crippen LogP contribution in [-0.2, 0) is 0 Å². The quantitative estimate of drug-likeness (QED) is 0.519. The second kappa shape index (κ2) is 5.40. The fourth-order valence-corrected chi connectivity index (χ4v) is 4.81. The summed E-state index contributed by atoms with van der Waals surface area (Å²) in [5.74, 6) is 0. The van der Waals surface area contributed by atoms with Crippen molar-refractivity contribution in [2.24, 2.45) is 0 Å². The van der Waals surface area contributed by atoms with E-state index in [1.807, 2.05) is 29.6 Å². The standard InChI is InChI=1S/C11H6Br2Cl2S/c12-8-5-6(14)1-2-7(8)10(13)11-9(15)3-4-16-11/h1-5,10H. The van der Waals surface area contributed by atoms with Gasteiger partial charge in [0.05, 0.1) is 9.85 Å². The van der Waals surface area contributed by atoms with Gasteiger partial charge < -0.3 is 0 Å². The number of rotatable bonds is 2. The minimum Gasteiger partial charge on any atom is -0.146 e. The van der Waals surface area contributed by atoms with Crippen LogP contribution in [0.4, 0.5) is 0 Å². The van der Waals surface area contributed by atoms with E-state index in [-0.39, 0.29) is 4.83 Å². The normalized spacial score (nSPS) is 12.8. The first-order valence-corrected chi connectivity index (χ1v) is 7.76. The average Bonchev–Trinajstić information content (AvgIpc) is 2.63. The van der Waals surface area contributed by atoms with Gasteiger partial charge in [-0.25, -0.2) is 0 Å². The Bertz CT molecular complexity index is 510. The maximum Gasteiger partial charge on any atom is 0.0763 e. The van der Waals surface area contributed by atoms with Gasteiger partial charge in [-0.1, -0.05) is 61.1 Å². The van der Waals surface area contributed by atoms with Crippen molar-refractivity contribution in [3.05, 3.63) is 54.6 Å². The fraction of sp³-hybridized carbons (Fsp3) is 0.0909. The molecule has 1 unspecified atom stereocenters. The van der Waals surface area contributed by atoms with Crippen LogP contribution in [0.1, 0.15) is 15.3 Å². The van der Waals surface area contributed by atoms with Crippen LogP contribution < -0.4 is 0 Å².